The first-order valence-electron chi connectivity index (χ1n) is 9.00. The van der Waals surface area contributed by atoms with Crippen LogP contribution < -0.4 is 10.1 Å². The minimum absolute atomic E-state index is 0.0521. The average Bonchev–Trinajstić information content (AvgIpc) is 2.66. The Bertz CT molecular complexity index is 620. The molecule has 2 amide bonds. The zero-order valence-corrected chi connectivity index (χ0v) is 15.0. The van der Waals surface area contributed by atoms with Gasteiger partial charge >= 0.3 is 5.97 Å². The zero-order chi connectivity index (χ0) is 18.9. The van der Waals surface area contributed by atoms with Crippen LogP contribution in [0.5, 0.6) is 5.75 Å². The third-order valence-corrected chi connectivity index (χ3v) is 4.50. The summed E-state index contributed by atoms with van der Waals surface area (Å²) >= 11 is 0. The van der Waals surface area contributed by atoms with Gasteiger partial charge in [-0.05, 0) is 31.4 Å². The van der Waals surface area contributed by atoms with Gasteiger partial charge in [-0.1, -0.05) is 25.1 Å². The van der Waals surface area contributed by atoms with Crippen LogP contribution >= 0.6 is 0 Å². The lowest BCUT2D eigenvalue weighted by Crippen LogP contribution is -2.49. The molecule has 2 rings (SSSR count). The van der Waals surface area contributed by atoms with Crippen LogP contribution in [0.25, 0.3) is 0 Å². The van der Waals surface area contributed by atoms with Crippen LogP contribution in [0.3, 0.4) is 0 Å². The first-order valence-corrected chi connectivity index (χ1v) is 9.00. The fourth-order valence-corrected chi connectivity index (χ4v) is 2.98. The third kappa shape index (κ3) is 5.75. The summed E-state index contributed by atoms with van der Waals surface area (Å²) in [5.41, 5.74) is 0. The maximum Gasteiger partial charge on any atom is 0.326 e. The number of hydrogen-bond donors (Lipinski definition) is 2. The summed E-state index contributed by atoms with van der Waals surface area (Å²) in [5, 5.41) is 11.6. The number of aliphatic carboxylic acids is 1. The van der Waals surface area contributed by atoms with Crippen molar-refractivity contribution in [1.29, 1.82) is 0 Å². The third-order valence-electron chi connectivity index (χ3n) is 4.50. The van der Waals surface area contributed by atoms with Crippen LogP contribution in [-0.4, -0.2) is 53.5 Å². The van der Waals surface area contributed by atoms with Gasteiger partial charge in [-0.25, -0.2) is 4.79 Å². The molecule has 0 saturated carbocycles. The predicted molar refractivity (Wildman–Crippen MR) is 95.7 cm³/mol. The molecule has 1 aliphatic heterocycles. The summed E-state index contributed by atoms with van der Waals surface area (Å²) in [6.07, 6.45) is 1.96. The molecule has 1 heterocycles. The van der Waals surface area contributed by atoms with E-state index in [9.17, 15) is 14.4 Å². The number of nitrogens with zero attached hydrogens (tertiary/aromatic N) is 1. The number of likely N-dealkylation sites (tertiary alicyclic amines) is 1. The van der Waals surface area contributed by atoms with E-state index in [1.165, 1.54) is 0 Å². The lowest BCUT2D eigenvalue weighted by atomic mass is 9.96. The second-order valence-corrected chi connectivity index (χ2v) is 6.40. The van der Waals surface area contributed by atoms with Gasteiger partial charge in [-0.3, -0.25) is 9.59 Å². The van der Waals surface area contributed by atoms with E-state index in [1.807, 2.05) is 30.3 Å². The van der Waals surface area contributed by atoms with E-state index in [1.54, 1.807) is 11.8 Å². The first kappa shape index (κ1) is 19.8. The molecule has 1 aliphatic rings. The van der Waals surface area contributed by atoms with E-state index < -0.39 is 12.0 Å². The van der Waals surface area contributed by atoms with Gasteiger partial charge in [0.2, 0.25) is 11.8 Å². The van der Waals surface area contributed by atoms with Crippen molar-refractivity contribution in [3.05, 3.63) is 30.3 Å². The Hall–Kier alpha value is -2.57. The molecule has 1 aromatic rings. The van der Waals surface area contributed by atoms with E-state index in [-0.39, 0.29) is 30.8 Å². The Morgan fingerprint density at radius 2 is 2.04 bits per heavy atom. The Morgan fingerprint density at radius 3 is 2.69 bits per heavy atom. The summed E-state index contributed by atoms with van der Waals surface area (Å²) in [5.74, 6) is -1.03. The topological polar surface area (TPSA) is 95.9 Å². The quantitative estimate of drug-likeness (QED) is 0.733. The number of amides is 2. The number of para-hydroxylation sites is 1. The largest absolute Gasteiger partial charge is 0.493 e. The molecule has 1 saturated heterocycles. The number of piperidine rings is 1. The molecule has 0 bridgehead atoms. The number of benzene rings is 1. The molecule has 0 aromatic heterocycles. The van der Waals surface area contributed by atoms with Crippen LogP contribution in [0.4, 0.5) is 0 Å². The van der Waals surface area contributed by atoms with Crippen LogP contribution in [0.1, 0.15) is 32.6 Å². The smallest absolute Gasteiger partial charge is 0.326 e. The lowest BCUT2D eigenvalue weighted by molar-refractivity contribution is -0.144. The Kier molecular flexibility index (Phi) is 7.44. The molecule has 0 spiro atoms. The Balaban J connectivity index is 1.80. The molecular weight excluding hydrogens is 336 g/mol. The SMILES string of the molecule is CCC(NC(=O)C1CCCN(C(=O)CCOc2ccccc2)C1)C(=O)O. The van der Waals surface area contributed by atoms with Crippen molar-refractivity contribution in [1.82, 2.24) is 10.2 Å². The predicted octanol–water partition coefficient (Wildman–Crippen LogP) is 1.67. The number of carboxylic acids is 1. The highest BCUT2D eigenvalue weighted by Crippen LogP contribution is 2.18. The number of hydrogen-bond acceptors (Lipinski definition) is 4. The molecule has 2 N–H and O–H groups in total. The van der Waals surface area contributed by atoms with Crippen molar-refractivity contribution in [2.24, 2.45) is 5.92 Å². The summed E-state index contributed by atoms with van der Waals surface area (Å²) in [6.45, 7) is 2.94. The Morgan fingerprint density at radius 1 is 1.31 bits per heavy atom. The molecule has 1 fully saturated rings. The molecule has 2 unspecified atom stereocenters. The fourth-order valence-electron chi connectivity index (χ4n) is 2.98. The molecule has 7 heteroatoms. The molecule has 142 valence electrons. The highest BCUT2D eigenvalue weighted by Gasteiger charge is 2.30. The lowest BCUT2D eigenvalue weighted by Gasteiger charge is -2.32. The molecule has 0 radical (unpaired) electrons. The molecule has 26 heavy (non-hydrogen) atoms. The van der Waals surface area contributed by atoms with Gasteiger partial charge in [0.1, 0.15) is 11.8 Å². The summed E-state index contributed by atoms with van der Waals surface area (Å²) in [4.78, 5) is 37.4. The van der Waals surface area contributed by atoms with Gasteiger partial charge in [0.25, 0.3) is 0 Å². The van der Waals surface area contributed by atoms with Gasteiger partial charge in [-0.15, -0.1) is 0 Å². The van der Waals surface area contributed by atoms with Crippen LogP contribution in [-0.2, 0) is 14.4 Å². The zero-order valence-electron chi connectivity index (χ0n) is 15.0. The van der Waals surface area contributed by atoms with Gasteiger partial charge < -0.3 is 20.1 Å². The fraction of sp³-hybridized carbons (Fsp3) is 0.526. The van der Waals surface area contributed by atoms with Gasteiger partial charge in [-0.2, -0.15) is 0 Å². The maximum absolute atomic E-state index is 12.4. The average molecular weight is 362 g/mol. The number of carbonyl (C=O) groups excluding carboxylic acids is 2. The number of carboxylic acid groups (broad SMARTS) is 1. The normalized spacial score (nSPS) is 18.0. The minimum Gasteiger partial charge on any atom is -0.493 e. The van der Waals surface area contributed by atoms with E-state index >= 15 is 0 Å². The van der Waals surface area contributed by atoms with Crippen molar-refractivity contribution in [2.75, 3.05) is 19.7 Å². The van der Waals surface area contributed by atoms with Gasteiger partial charge in [0.05, 0.1) is 18.9 Å². The van der Waals surface area contributed by atoms with Crippen LogP contribution in [0.2, 0.25) is 0 Å². The molecule has 0 aliphatic carbocycles. The van der Waals surface area contributed by atoms with Crippen molar-refractivity contribution in [3.63, 3.8) is 0 Å². The van der Waals surface area contributed by atoms with E-state index in [0.29, 0.717) is 25.9 Å². The molecular formula is C19H26N2O5. The second-order valence-electron chi connectivity index (χ2n) is 6.40. The molecule has 1 aromatic carbocycles. The number of ether oxygens (including phenoxy) is 1. The van der Waals surface area contributed by atoms with Crippen molar-refractivity contribution >= 4 is 17.8 Å². The molecule has 2 atom stereocenters. The minimum atomic E-state index is -1.04. The van der Waals surface area contributed by atoms with Gasteiger partial charge in [0, 0.05) is 13.1 Å². The van der Waals surface area contributed by atoms with E-state index in [0.717, 1.165) is 12.2 Å². The highest BCUT2D eigenvalue weighted by atomic mass is 16.5. The van der Waals surface area contributed by atoms with E-state index in [2.05, 4.69) is 5.32 Å². The Labute approximate surface area is 153 Å². The summed E-state index contributed by atoms with van der Waals surface area (Å²) in [6, 6.07) is 8.41. The van der Waals surface area contributed by atoms with Gasteiger partial charge in [0.15, 0.2) is 0 Å². The first-order chi connectivity index (χ1) is 12.5. The van der Waals surface area contributed by atoms with Crippen molar-refractivity contribution in [3.8, 4) is 5.75 Å². The number of rotatable bonds is 8. The monoisotopic (exact) mass is 362 g/mol. The second kappa shape index (κ2) is 9.79. The molecule has 7 nitrogen and oxygen atoms in total. The summed E-state index contributed by atoms with van der Waals surface area (Å²) in [7, 11) is 0. The van der Waals surface area contributed by atoms with Crippen molar-refractivity contribution < 1.29 is 24.2 Å². The number of nitrogens with one attached hydrogen (secondary N) is 1. The van der Waals surface area contributed by atoms with Crippen LogP contribution in [0, 0.1) is 5.92 Å². The van der Waals surface area contributed by atoms with E-state index in [4.69, 9.17) is 9.84 Å². The standard InChI is InChI=1S/C19H26N2O5/c1-2-16(19(24)25)20-18(23)14-7-6-11-21(13-14)17(22)10-12-26-15-8-4-3-5-9-15/h3-5,8-9,14,16H,2,6-7,10-13H2,1H3,(H,20,23)(H,24,25). The summed E-state index contributed by atoms with van der Waals surface area (Å²) < 4.78 is 5.54. The highest BCUT2D eigenvalue weighted by molar-refractivity contribution is 5.86. The maximum atomic E-state index is 12.4. The number of carbonyl (C=O) groups is 3. The van der Waals surface area contributed by atoms with Crippen molar-refractivity contribution in [2.45, 2.75) is 38.6 Å². The van der Waals surface area contributed by atoms with Crippen LogP contribution in [0.15, 0.2) is 30.3 Å².